The van der Waals surface area contributed by atoms with Crippen LogP contribution in [0.2, 0.25) is 15.1 Å². The number of ether oxygens (including phenoxy) is 1. The van der Waals surface area contributed by atoms with Crippen LogP contribution in [-0.2, 0) is 0 Å². The molecule has 0 aliphatic rings. The number of carbonyl (C=O) groups excluding carboxylic acids is 1. The summed E-state index contributed by atoms with van der Waals surface area (Å²) in [6, 6.07) is 2.97. The van der Waals surface area contributed by atoms with E-state index in [-0.39, 0.29) is 81.5 Å². The predicted octanol–water partition coefficient (Wildman–Crippen LogP) is 3.95. The summed E-state index contributed by atoms with van der Waals surface area (Å²) in [4.78, 5) is 17.9. The van der Waals surface area contributed by atoms with Crippen molar-refractivity contribution in [3.8, 4) is 5.75 Å². The van der Waals surface area contributed by atoms with Crippen LogP contribution in [-0.4, -0.2) is 109 Å². The summed E-state index contributed by atoms with van der Waals surface area (Å²) in [6.45, 7) is 3.28. The number of halogens is 3. The first-order valence-corrected chi connectivity index (χ1v) is 8.21. The fourth-order valence-electron chi connectivity index (χ4n) is 2.03. The summed E-state index contributed by atoms with van der Waals surface area (Å²) < 4.78 is 7.05. The molecule has 2 rings (SSSR count). The van der Waals surface area contributed by atoms with Gasteiger partial charge < -0.3 is 9.64 Å². The van der Waals surface area contributed by atoms with Gasteiger partial charge in [0.15, 0.2) is 5.75 Å². The summed E-state index contributed by atoms with van der Waals surface area (Å²) in [5.41, 5.74) is 0. The van der Waals surface area contributed by atoms with E-state index in [1.54, 1.807) is 29.4 Å². The molecule has 0 spiro atoms. The maximum absolute atomic E-state index is 12.3. The Balaban J connectivity index is 0.00000288. The molecule has 0 aliphatic heterocycles. The van der Waals surface area contributed by atoms with Crippen molar-refractivity contribution in [3.05, 3.63) is 45.9 Å². The molecule has 0 saturated carbocycles. The van der Waals surface area contributed by atoms with E-state index in [0.29, 0.717) is 33.9 Å². The molecule has 126 valence electrons. The van der Waals surface area contributed by atoms with E-state index in [0.717, 1.165) is 6.42 Å². The molecule has 5 nitrogen and oxygen atoms in total. The van der Waals surface area contributed by atoms with E-state index in [2.05, 4.69) is 4.98 Å². The zero-order chi connectivity index (χ0) is 16.8. The van der Waals surface area contributed by atoms with Crippen LogP contribution in [0.25, 0.3) is 0 Å². The van der Waals surface area contributed by atoms with E-state index >= 15 is 0 Å². The summed E-state index contributed by atoms with van der Waals surface area (Å²) in [5.74, 6) is 0.365. The van der Waals surface area contributed by atoms with Crippen molar-refractivity contribution in [2.45, 2.75) is 13.3 Å². The molecule has 0 bridgehead atoms. The molecule has 0 atom stereocenters. The molecule has 0 unspecified atom stereocenters. The van der Waals surface area contributed by atoms with Crippen molar-refractivity contribution in [3.63, 3.8) is 0 Å². The van der Waals surface area contributed by atoms with Gasteiger partial charge in [-0.2, -0.15) is 0 Å². The average Bonchev–Trinajstić information content (AvgIpc) is 3.02. The van der Waals surface area contributed by atoms with Crippen molar-refractivity contribution in [1.82, 2.24) is 14.5 Å². The molecular weight excluding hydrogens is 493 g/mol. The van der Waals surface area contributed by atoms with Gasteiger partial charge in [0.25, 0.3) is 0 Å². The number of aromatic nitrogens is 2. The quantitative estimate of drug-likeness (QED) is 0.591. The third kappa shape index (κ3) is 6.41. The average molecular weight is 511 g/mol. The molecule has 0 N–H and O–H groups in total. The van der Waals surface area contributed by atoms with E-state index < -0.39 is 0 Å². The van der Waals surface area contributed by atoms with Crippen LogP contribution in [0.1, 0.15) is 13.3 Å². The Kier molecular flexibility index (Phi) is 10.7. The van der Waals surface area contributed by atoms with Gasteiger partial charge in [-0.1, -0.05) is 41.7 Å². The van der Waals surface area contributed by atoms with E-state index in [9.17, 15) is 4.79 Å². The second kappa shape index (κ2) is 11.4. The van der Waals surface area contributed by atoms with Crippen LogP contribution in [0.4, 0.5) is 4.79 Å². The number of hydrogen-bond donors (Lipinski definition) is 0. The Hall–Kier alpha value is 0.622. The molecule has 0 radical (unpaired) electrons. The molecule has 1 amide bonds. The Morgan fingerprint density at radius 2 is 1.92 bits per heavy atom. The zero-order valence-electron chi connectivity index (χ0n) is 12.5. The van der Waals surface area contributed by atoms with Crippen molar-refractivity contribution in [2.24, 2.45) is 0 Å². The summed E-state index contributed by atoms with van der Waals surface area (Å²) in [6.07, 6.45) is 5.48. The van der Waals surface area contributed by atoms with Gasteiger partial charge in [-0.25, -0.2) is 9.78 Å². The van der Waals surface area contributed by atoms with Gasteiger partial charge in [0.2, 0.25) is 0 Å². The van der Waals surface area contributed by atoms with Crippen molar-refractivity contribution >= 4 is 110 Å². The zero-order valence-corrected chi connectivity index (χ0v) is 14.8. The van der Waals surface area contributed by atoms with Crippen LogP contribution in [0.3, 0.4) is 0 Å². The first kappa shape index (κ1) is 22.7. The number of benzene rings is 1. The molecule has 1 heterocycles. The van der Waals surface area contributed by atoms with Crippen LogP contribution in [0.15, 0.2) is 30.9 Å². The molecule has 1 aromatic carbocycles. The van der Waals surface area contributed by atoms with Gasteiger partial charge in [-0.15, -0.1) is 0 Å². The van der Waals surface area contributed by atoms with Crippen LogP contribution in [0, 0.1) is 0 Å². The van der Waals surface area contributed by atoms with Crippen molar-refractivity contribution < 1.29 is 9.53 Å². The fourth-order valence-corrected chi connectivity index (χ4v) is 2.96. The fraction of sp³-hybridized carbons (Fsp3) is 0.333. The van der Waals surface area contributed by atoms with Gasteiger partial charge in [0.1, 0.15) is 12.9 Å². The van der Waals surface area contributed by atoms with Gasteiger partial charge >= 0.3 is 74.9 Å². The maximum atomic E-state index is 12.3. The molecule has 1 aromatic heterocycles. The number of nitrogens with zero attached hydrogens (tertiary/aromatic N) is 3. The molecule has 9 heteroatoms. The number of hydrogen-bond acceptors (Lipinski definition) is 3. The monoisotopic (exact) mass is 509 g/mol. The van der Waals surface area contributed by atoms with Gasteiger partial charge in [-0.05, 0) is 18.6 Å². The minimum atomic E-state index is -0.152. The molecule has 0 saturated heterocycles. The molecule has 0 aliphatic carbocycles. The topological polar surface area (TPSA) is 47.4 Å². The summed E-state index contributed by atoms with van der Waals surface area (Å²) in [7, 11) is 0. The molecular formula is C15H17Cl3CsN3O2. The van der Waals surface area contributed by atoms with Gasteiger partial charge in [0.05, 0.1) is 16.6 Å². The first-order valence-electron chi connectivity index (χ1n) is 7.07. The Morgan fingerprint density at radius 3 is 2.46 bits per heavy atom. The van der Waals surface area contributed by atoms with Crippen LogP contribution in [0.5, 0.6) is 5.75 Å². The third-order valence-electron chi connectivity index (χ3n) is 3.06. The second-order valence-corrected chi connectivity index (χ2v) is 6.04. The number of rotatable bonds is 6. The van der Waals surface area contributed by atoms with Crippen molar-refractivity contribution in [2.75, 3.05) is 19.7 Å². The first-order chi connectivity index (χ1) is 11.0. The second-order valence-electron chi connectivity index (χ2n) is 4.79. The molecule has 2 aromatic rings. The van der Waals surface area contributed by atoms with E-state index in [4.69, 9.17) is 39.5 Å². The molecule has 24 heavy (non-hydrogen) atoms. The SMILES string of the molecule is CCCN(CCOc1c(Cl)cc(Cl)cc1Cl)C(=O)n1ccnc1.[CsH]. The van der Waals surface area contributed by atoms with E-state index in [1.807, 2.05) is 6.92 Å². The van der Waals surface area contributed by atoms with Crippen LogP contribution < -0.4 is 4.74 Å². The van der Waals surface area contributed by atoms with E-state index in [1.165, 1.54) is 10.9 Å². The van der Waals surface area contributed by atoms with Crippen LogP contribution >= 0.6 is 34.8 Å². The summed E-state index contributed by atoms with van der Waals surface area (Å²) >= 11 is 18.0. The van der Waals surface area contributed by atoms with Crippen molar-refractivity contribution in [1.29, 1.82) is 0 Å². The number of amides is 1. The predicted molar refractivity (Wildman–Crippen MR) is 99.0 cm³/mol. The Bertz CT molecular complexity index is 645. The number of carbonyl (C=O) groups is 1. The third-order valence-corrected chi connectivity index (χ3v) is 3.84. The Labute approximate surface area is 215 Å². The summed E-state index contributed by atoms with van der Waals surface area (Å²) in [5, 5.41) is 1.12. The van der Waals surface area contributed by atoms with Gasteiger partial charge in [-0.3, -0.25) is 4.57 Å². The molecule has 0 fully saturated rings. The standard InChI is InChI=1S/C15H16Cl3N3O2.Cs.H/c1-2-4-20(15(22)21-5-3-19-10-21)6-7-23-14-12(17)8-11(16)9-13(14)18;;/h3,5,8-10H,2,4,6-7H2,1H3;;. The van der Waals surface area contributed by atoms with Gasteiger partial charge in [0, 0.05) is 24.0 Å². The Morgan fingerprint density at radius 1 is 1.25 bits per heavy atom. The normalized spacial score (nSPS) is 10.2. The minimum absolute atomic E-state index is 0. The number of imidazole rings is 1.